The molecule has 2 heterocycles. The Morgan fingerprint density at radius 2 is 1.86 bits per heavy atom. The van der Waals surface area contributed by atoms with Gasteiger partial charge in [-0.3, -0.25) is 4.79 Å². The largest absolute Gasteiger partial charge is 0.368 e. The van der Waals surface area contributed by atoms with Gasteiger partial charge >= 0.3 is 0 Å². The summed E-state index contributed by atoms with van der Waals surface area (Å²) in [6, 6.07) is 8.36. The summed E-state index contributed by atoms with van der Waals surface area (Å²) in [6.07, 6.45) is 2.03. The Hall–Kier alpha value is -1.46. The van der Waals surface area contributed by atoms with Crippen molar-refractivity contribution < 1.29 is 4.79 Å². The van der Waals surface area contributed by atoms with Crippen LogP contribution in [-0.2, 0) is 4.79 Å². The molecule has 118 valence electrons. The van der Waals surface area contributed by atoms with Gasteiger partial charge in [0.1, 0.15) is 0 Å². The minimum Gasteiger partial charge on any atom is -0.368 e. The van der Waals surface area contributed by atoms with Gasteiger partial charge < -0.3 is 15.1 Å². The van der Waals surface area contributed by atoms with Crippen LogP contribution in [0, 0.1) is 0 Å². The van der Waals surface area contributed by atoms with E-state index in [1.807, 2.05) is 26.0 Å². The number of rotatable bonds is 2. The monoisotopic (exact) mass is 317 g/mol. The van der Waals surface area contributed by atoms with Gasteiger partial charge in [-0.1, -0.05) is 30.0 Å². The van der Waals surface area contributed by atoms with Crippen molar-refractivity contribution in [1.29, 1.82) is 0 Å². The second-order valence-corrected chi connectivity index (χ2v) is 8.09. The van der Waals surface area contributed by atoms with Crippen molar-refractivity contribution in [3.8, 4) is 0 Å². The maximum absolute atomic E-state index is 12.1. The van der Waals surface area contributed by atoms with Crippen LogP contribution in [0.1, 0.15) is 19.4 Å². The second kappa shape index (κ2) is 5.97. The van der Waals surface area contributed by atoms with Gasteiger partial charge in [-0.05, 0) is 38.6 Å². The van der Waals surface area contributed by atoms with Crippen LogP contribution in [0.25, 0.3) is 6.08 Å². The van der Waals surface area contributed by atoms with E-state index in [9.17, 15) is 4.79 Å². The first-order valence-corrected chi connectivity index (χ1v) is 8.52. The van der Waals surface area contributed by atoms with Gasteiger partial charge in [0.2, 0.25) is 0 Å². The van der Waals surface area contributed by atoms with E-state index in [0.29, 0.717) is 0 Å². The molecule has 0 saturated carbocycles. The molecule has 5 heteroatoms. The topological polar surface area (TPSA) is 35.6 Å². The molecule has 0 atom stereocenters. The normalized spacial score (nSPS) is 23.9. The number of hydrogen-bond donors (Lipinski definition) is 1. The van der Waals surface area contributed by atoms with Crippen molar-refractivity contribution in [1.82, 2.24) is 10.2 Å². The molecular formula is C17H23N3OS. The quantitative estimate of drug-likeness (QED) is 0.850. The predicted octanol–water partition coefficient (Wildman–Crippen LogP) is 2.38. The van der Waals surface area contributed by atoms with Crippen molar-refractivity contribution in [3.63, 3.8) is 0 Å². The van der Waals surface area contributed by atoms with Gasteiger partial charge in [0, 0.05) is 31.9 Å². The van der Waals surface area contributed by atoms with Crippen molar-refractivity contribution in [2.75, 3.05) is 38.1 Å². The first-order valence-electron chi connectivity index (χ1n) is 7.70. The van der Waals surface area contributed by atoms with Gasteiger partial charge in [-0.2, -0.15) is 0 Å². The maximum Gasteiger partial charge on any atom is 0.258 e. The lowest BCUT2D eigenvalue weighted by Gasteiger charge is -2.34. The SMILES string of the molecule is CN1CCN(c2ccccc2C=C2SC(C)(C)NC2=O)CC1. The van der Waals surface area contributed by atoms with Crippen molar-refractivity contribution in [2.45, 2.75) is 18.7 Å². The number of nitrogens with one attached hydrogen (secondary N) is 1. The summed E-state index contributed by atoms with van der Waals surface area (Å²) < 4.78 is 0. The second-order valence-electron chi connectivity index (χ2n) is 6.42. The Balaban J connectivity index is 1.87. The molecule has 0 aliphatic carbocycles. The highest BCUT2D eigenvalue weighted by Gasteiger charge is 2.33. The van der Waals surface area contributed by atoms with Crippen LogP contribution >= 0.6 is 11.8 Å². The summed E-state index contributed by atoms with van der Waals surface area (Å²) in [5.74, 6) is 0.0307. The number of carbonyl (C=O) groups excluding carboxylic acids is 1. The van der Waals surface area contributed by atoms with Crippen LogP contribution in [0.4, 0.5) is 5.69 Å². The molecular weight excluding hydrogens is 294 g/mol. The summed E-state index contributed by atoms with van der Waals surface area (Å²) in [5, 5.41) is 3.00. The summed E-state index contributed by atoms with van der Waals surface area (Å²) in [6.45, 7) is 8.27. The van der Waals surface area contributed by atoms with Gasteiger partial charge in [0.15, 0.2) is 0 Å². The number of hydrogen-bond acceptors (Lipinski definition) is 4. The Labute approximate surface area is 136 Å². The fourth-order valence-electron chi connectivity index (χ4n) is 2.86. The van der Waals surface area contributed by atoms with E-state index >= 15 is 0 Å². The summed E-state index contributed by atoms with van der Waals surface area (Å²) in [4.78, 5) is 17.4. The zero-order chi connectivity index (χ0) is 15.7. The number of likely N-dealkylation sites (N-methyl/N-ethyl adjacent to an activating group) is 1. The molecule has 2 saturated heterocycles. The maximum atomic E-state index is 12.1. The molecule has 0 unspecified atom stereocenters. The molecule has 2 aliphatic rings. The van der Waals surface area contributed by atoms with E-state index in [0.717, 1.165) is 36.6 Å². The number of anilines is 1. The standard InChI is InChI=1S/C17H23N3OS/c1-17(2)18-16(21)15(22-17)12-13-6-4-5-7-14(13)20-10-8-19(3)9-11-20/h4-7,12H,8-11H2,1-3H3,(H,18,21). The van der Waals surface area contributed by atoms with E-state index in [4.69, 9.17) is 0 Å². The van der Waals surface area contributed by atoms with Gasteiger partial charge in [-0.15, -0.1) is 0 Å². The fraction of sp³-hybridized carbons (Fsp3) is 0.471. The highest BCUT2D eigenvalue weighted by Crippen LogP contribution is 2.38. The van der Waals surface area contributed by atoms with Gasteiger partial charge in [0.05, 0.1) is 9.78 Å². The van der Waals surface area contributed by atoms with E-state index in [1.54, 1.807) is 11.8 Å². The molecule has 22 heavy (non-hydrogen) atoms. The lowest BCUT2D eigenvalue weighted by molar-refractivity contribution is -0.116. The predicted molar refractivity (Wildman–Crippen MR) is 93.9 cm³/mol. The first kappa shape index (κ1) is 15.4. The lowest BCUT2D eigenvalue weighted by Crippen LogP contribution is -2.44. The van der Waals surface area contributed by atoms with Crippen LogP contribution in [0.3, 0.4) is 0 Å². The molecule has 1 aromatic carbocycles. The number of thioether (sulfide) groups is 1. The molecule has 3 rings (SSSR count). The number of carbonyl (C=O) groups is 1. The molecule has 2 fully saturated rings. The van der Waals surface area contributed by atoms with Crippen molar-refractivity contribution in [2.24, 2.45) is 0 Å². The molecule has 2 aliphatic heterocycles. The first-order chi connectivity index (χ1) is 10.4. The van der Waals surface area contributed by atoms with Gasteiger partial charge in [0.25, 0.3) is 5.91 Å². The van der Waals surface area contributed by atoms with Crippen molar-refractivity contribution >= 4 is 29.4 Å². The fourth-order valence-corrected chi connectivity index (χ4v) is 3.89. The molecule has 1 aromatic rings. The smallest absolute Gasteiger partial charge is 0.258 e. The molecule has 1 N–H and O–H groups in total. The van der Waals surface area contributed by atoms with E-state index in [-0.39, 0.29) is 10.8 Å². The molecule has 0 bridgehead atoms. The third-order valence-corrected chi connectivity index (χ3v) is 5.21. The van der Waals surface area contributed by atoms with Crippen LogP contribution in [-0.4, -0.2) is 48.9 Å². The Morgan fingerprint density at radius 1 is 1.18 bits per heavy atom. The summed E-state index contributed by atoms with van der Waals surface area (Å²) in [7, 11) is 2.16. The molecule has 4 nitrogen and oxygen atoms in total. The number of amides is 1. The Kier molecular flexibility index (Phi) is 4.19. The third-order valence-electron chi connectivity index (χ3n) is 4.07. The minimum absolute atomic E-state index is 0.0307. The molecule has 0 radical (unpaired) electrons. The number of para-hydroxylation sites is 1. The Morgan fingerprint density at radius 3 is 2.50 bits per heavy atom. The lowest BCUT2D eigenvalue weighted by atomic mass is 10.1. The Bertz CT molecular complexity index is 604. The van der Waals surface area contributed by atoms with Crippen LogP contribution in [0.15, 0.2) is 29.2 Å². The zero-order valence-electron chi connectivity index (χ0n) is 13.4. The average Bonchev–Trinajstić information content (AvgIpc) is 2.73. The molecule has 0 aromatic heterocycles. The summed E-state index contributed by atoms with van der Waals surface area (Å²) in [5.41, 5.74) is 2.35. The van der Waals surface area contributed by atoms with E-state index < -0.39 is 0 Å². The van der Waals surface area contributed by atoms with Crippen LogP contribution < -0.4 is 10.2 Å². The van der Waals surface area contributed by atoms with Crippen molar-refractivity contribution in [3.05, 3.63) is 34.7 Å². The van der Waals surface area contributed by atoms with E-state index in [2.05, 4.69) is 40.4 Å². The highest BCUT2D eigenvalue weighted by molar-refractivity contribution is 8.05. The highest BCUT2D eigenvalue weighted by atomic mass is 32.2. The zero-order valence-corrected chi connectivity index (χ0v) is 14.2. The number of piperazine rings is 1. The number of benzene rings is 1. The third kappa shape index (κ3) is 3.31. The summed E-state index contributed by atoms with van der Waals surface area (Å²) >= 11 is 1.60. The molecule has 0 spiro atoms. The minimum atomic E-state index is -0.217. The number of nitrogens with zero attached hydrogens (tertiary/aromatic N) is 2. The van der Waals surface area contributed by atoms with E-state index in [1.165, 1.54) is 5.69 Å². The van der Waals surface area contributed by atoms with Gasteiger partial charge in [-0.25, -0.2) is 0 Å². The van der Waals surface area contributed by atoms with Crippen LogP contribution in [0.2, 0.25) is 0 Å². The van der Waals surface area contributed by atoms with Crippen LogP contribution in [0.5, 0.6) is 0 Å². The average molecular weight is 317 g/mol. The molecule has 1 amide bonds.